The Labute approximate surface area is 131 Å². The third kappa shape index (κ3) is 11.3. The highest BCUT2D eigenvalue weighted by Gasteiger charge is 1.92. The van der Waals surface area contributed by atoms with E-state index in [4.69, 9.17) is 5.73 Å². The Balaban J connectivity index is 1.82. The van der Waals surface area contributed by atoms with Crippen molar-refractivity contribution in [2.45, 2.75) is 70.6 Å². The van der Waals surface area contributed by atoms with E-state index in [1.807, 2.05) is 0 Å². The lowest BCUT2D eigenvalue weighted by Gasteiger charge is -2.01. The standard InChI is InChI=1S/C20H33N/c21-19-15-10-8-6-4-2-1-3-5-7-9-12-16-20-17-13-11-14-18-20/h11-14,16-18H,1-10,15,19,21H2. The third-order valence-corrected chi connectivity index (χ3v) is 3.93. The number of unbranched alkanes of at least 4 members (excludes halogenated alkanes) is 10. The van der Waals surface area contributed by atoms with Crippen molar-refractivity contribution in [1.82, 2.24) is 0 Å². The molecule has 0 bridgehead atoms. The molecule has 0 saturated heterocycles. The molecule has 0 saturated carbocycles. The highest BCUT2D eigenvalue weighted by atomic mass is 14.5. The first kappa shape index (κ1) is 18.0. The van der Waals surface area contributed by atoms with Crippen molar-refractivity contribution in [3.05, 3.63) is 42.0 Å². The number of hydrogen-bond acceptors (Lipinski definition) is 1. The maximum Gasteiger partial charge on any atom is -0.00773 e. The molecule has 2 N–H and O–H groups in total. The summed E-state index contributed by atoms with van der Waals surface area (Å²) in [5, 5.41) is 0. The van der Waals surface area contributed by atoms with E-state index in [1.54, 1.807) is 0 Å². The van der Waals surface area contributed by atoms with Gasteiger partial charge in [-0.25, -0.2) is 0 Å². The van der Waals surface area contributed by atoms with E-state index >= 15 is 0 Å². The van der Waals surface area contributed by atoms with Gasteiger partial charge in [0.05, 0.1) is 0 Å². The average Bonchev–Trinajstić information content (AvgIpc) is 2.53. The Bertz CT molecular complexity index is 342. The zero-order valence-corrected chi connectivity index (χ0v) is 13.6. The number of rotatable bonds is 13. The van der Waals surface area contributed by atoms with Gasteiger partial charge >= 0.3 is 0 Å². The van der Waals surface area contributed by atoms with Gasteiger partial charge < -0.3 is 5.73 Å². The monoisotopic (exact) mass is 287 g/mol. The van der Waals surface area contributed by atoms with Crippen LogP contribution in [0.5, 0.6) is 0 Å². The van der Waals surface area contributed by atoms with Crippen LogP contribution in [0.3, 0.4) is 0 Å². The maximum atomic E-state index is 5.49. The lowest BCUT2D eigenvalue weighted by molar-refractivity contribution is 0.554. The first-order chi connectivity index (χ1) is 10.4. The zero-order chi connectivity index (χ0) is 15.0. The summed E-state index contributed by atoms with van der Waals surface area (Å²) in [7, 11) is 0. The summed E-state index contributed by atoms with van der Waals surface area (Å²) in [6.07, 6.45) is 19.4. The molecule has 1 rings (SSSR count). The van der Waals surface area contributed by atoms with Crippen LogP contribution < -0.4 is 5.73 Å². The Hall–Kier alpha value is -1.08. The summed E-state index contributed by atoms with van der Waals surface area (Å²) in [5.74, 6) is 0. The molecule has 0 spiro atoms. The second-order valence-corrected chi connectivity index (χ2v) is 5.93. The number of hydrogen-bond donors (Lipinski definition) is 1. The molecule has 0 aliphatic rings. The predicted octanol–water partition coefficient (Wildman–Crippen LogP) is 5.95. The average molecular weight is 287 g/mol. The van der Waals surface area contributed by atoms with E-state index in [-0.39, 0.29) is 0 Å². The summed E-state index contributed by atoms with van der Waals surface area (Å²) >= 11 is 0. The highest BCUT2D eigenvalue weighted by molar-refractivity contribution is 5.48. The minimum atomic E-state index is 0.860. The van der Waals surface area contributed by atoms with E-state index in [0.29, 0.717) is 0 Å². The van der Waals surface area contributed by atoms with Gasteiger partial charge in [0, 0.05) is 0 Å². The number of nitrogens with two attached hydrogens (primary N) is 1. The minimum absolute atomic E-state index is 0.860. The SMILES string of the molecule is NCCCCCCCCCCCCC=Cc1ccccc1. The van der Waals surface area contributed by atoms with Gasteiger partial charge in [-0.3, -0.25) is 0 Å². The first-order valence-corrected chi connectivity index (χ1v) is 8.85. The second kappa shape index (κ2) is 13.9. The molecule has 0 aromatic heterocycles. The summed E-state index contributed by atoms with van der Waals surface area (Å²) < 4.78 is 0. The molecular formula is C20H33N. The van der Waals surface area contributed by atoms with Crippen molar-refractivity contribution in [2.24, 2.45) is 5.73 Å². The van der Waals surface area contributed by atoms with Crippen molar-refractivity contribution in [3.8, 4) is 0 Å². The van der Waals surface area contributed by atoms with Crippen LogP contribution in [0.1, 0.15) is 76.2 Å². The normalized spacial score (nSPS) is 11.3. The topological polar surface area (TPSA) is 26.0 Å². The molecule has 21 heavy (non-hydrogen) atoms. The Morgan fingerprint density at radius 2 is 1.19 bits per heavy atom. The summed E-state index contributed by atoms with van der Waals surface area (Å²) in [6, 6.07) is 10.6. The molecule has 1 nitrogen and oxygen atoms in total. The summed E-state index contributed by atoms with van der Waals surface area (Å²) in [6.45, 7) is 0.860. The van der Waals surface area contributed by atoms with Crippen LogP contribution >= 0.6 is 0 Å². The van der Waals surface area contributed by atoms with Gasteiger partial charge in [0.25, 0.3) is 0 Å². The number of allylic oxidation sites excluding steroid dienone is 1. The molecular weight excluding hydrogens is 254 g/mol. The zero-order valence-electron chi connectivity index (χ0n) is 13.6. The Morgan fingerprint density at radius 1 is 0.667 bits per heavy atom. The lowest BCUT2D eigenvalue weighted by atomic mass is 10.1. The van der Waals surface area contributed by atoms with E-state index in [0.717, 1.165) is 6.54 Å². The molecule has 1 aromatic rings. The maximum absolute atomic E-state index is 5.49. The lowest BCUT2D eigenvalue weighted by Crippen LogP contribution is -1.97. The molecule has 1 aromatic carbocycles. The molecule has 0 heterocycles. The van der Waals surface area contributed by atoms with Crippen molar-refractivity contribution < 1.29 is 0 Å². The van der Waals surface area contributed by atoms with Gasteiger partial charge in [-0.15, -0.1) is 0 Å². The van der Waals surface area contributed by atoms with Crippen LogP contribution in [0.4, 0.5) is 0 Å². The van der Waals surface area contributed by atoms with Crippen LogP contribution in [0.25, 0.3) is 6.08 Å². The molecule has 0 atom stereocenters. The molecule has 118 valence electrons. The van der Waals surface area contributed by atoms with Crippen LogP contribution in [0, 0.1) is 0 Å². The Kier molecular flexibility index (Phi) is 11.9. The van der Waals surface area contributed by atoms with Crippen molar-refractivity contribution >= 4 is 6.08 Å². The van der Waals surface area contributed by atoms with Crippen molar-refractivity contribution in [2.75, 3.05) is 6.54 Å². The van der Waals surface area contributed by atoms with Crippen molar-refractivity contribution in [3.63, 3.8) is 0 Å². The quantitative estimate of drug-likeness (QED) is 0.446. The minimum Gasteiger partial charge on any atom is -0.330 e. The van der Waals surface area contributed by atoms with Crippen LogP contribution in [-0.2, 0) is 0 Å². The first-order valence-electron chi connectivity index (χ1n) is 8.85. The summed E-state index contributed by atoms with van der Waals surface area (Å²) in [4.78, 5) is 0. The second-order valence-electron chi connectivity index (χ2n) is 5.93. The van der Waals surface area contributed by atoms with Crippen LogP contribution in [0.2, 0.25) is 0 Å². The van der Waals surface area contributed by atoms with E-state index in [2.05, 4.69) is 42.5 Å². The molecule has 1 heteroatoms. The molecule has 0 aliphatic carbocycles. The van der Waals surface area contributed by atoms with Crippen LogP contribution in [-0.4, -0.2) is 6.54 Å². The molecule has 0 unspecified atom stereocenters. The molecule has 0 fully saturated rings. The highest BCUT2D eigenvalue weighted by Crippen LogP contribution is 2.11. The van der Waals surface area contributed by atoms with Gasteiger partial charge in [-0.2, -0.15) is 0 Å². The Morgan fingerprint density at radius 3 is 1.76 bits per heavy atom. The molecule has 0 amide bonds. The van der Waals surface area contributed by atoms with Crippen LogP contribution in [0.15, 0.2) is 36.4 Å². The van der Waals surface area contributed by atoms with Gasteiger partial charge in [0.15, 0.2) is 0 Å². The fraction of sp³-hybridized carbons (Fsp3) is 0.600. The van der Waals surface area contributed by atoms with Gasteiger partial charge in [-0.1, -0.05) is 93.9 Å². The van der Waals surface area contributed by atoms with Gasteiger partial charge in [0.1, 0.15) is 0 Å². The van der Waals surface area contributed by atoms with E-state index in [9.17, 15) is 0 Å². The van der Waals surface area contributed by atoms with E-state index in [1.165, 1.54) is 76.2 Å². The fourth-order valence-corrected chi connectivity index (χ4v) is 2.60. The number of benzene rings is 1. The van der Waals surface area contributed by atoms with Gasteiger partial charge in [0.2, 0.25) is 0 Å². The van der Waals surface area contributed by atoms with Gasteiger partial charge in [-0.05, 0) is 31.4 Å². The predicted molar refractivity (Wildman–Crippen MR) is 95.3 cm³/mol. The summed E-state index contributed by atoms with van der Waals surface area (Å²) in [5.41, 5.74) is 6.80. The molecule has 0 aliphatic heterocycles. The van der Waals surface area contributed by atoms with E-state index < -0.39 is 0 Å². The smallest absolute Gasteiger partial charge is 0.00773 e. The largest absolute Gasteiger partial charge is 0.330 e. The van der Waals surface area contributed by atoms with Crippen molar-refractivity contribution in [1.29, 1.82) is 0 Å². The fourth-order valence-electron chi connectivity index (χ4n) is 2.60. The molecule has 0 radical (unpaired) electrons. The third-order valence-electron chi connectivity index (χ3n) is 3.93.